The van der Waals surface area contributed by atoms with Gasteiger partial charge in [0.25, 0.3) is 0 Å². The number of phosphoric acid groups is 1. The smallest absolute Gasteiger partial charge is 0.387 e. The summed E-state index contributed by atoms with van der Waals surface area (Å²) >= 11 is 1.08. The molecule has 8 nitrogen and oxygen atoms in total. The number of phosphoric ester groups is 1. The second kappa shape index (κ2) is 7.59. The molecule has 0 amide bonds. The van der Waals surface area contributed by atoms with Crippen LogP contribution in [0.4, 0.5) is 4.39 Å². The van der Waals surface area contributed by atoms with E-state index in [1.54, 1.807) is 12.3 Å². The van der Waals surface area contributed by atoms with Crippen molar-refractivity contribution >= 4 is 35.8 Å². The Labute approximate surface area is 157 Å². The zero-order chi connectivity index (χ0) is 19.8. The quantitative estimate of drug-likeness (QED) is 0.401. The number of hydrogen-bond acceptors (Lipinski definition) is 6. The summed E-state index contributed by atoms with van der Waals surface area (Å²) in [5.41, 5.74) is 0.828. The van der Waals surface area contributed by atoms with E-state index in [1.165, 1.54) is 22.9 Å². The number of carbonyl (C=O) groups excluding carboxylic acids is 1. The SMILES string of the molecule is CC[C@H](O)c1csc(C(=O)c2cn(COP(=O)(O)O)c3cc(F)ccc23)n1. The van der Waals surface area contributed by atoms with Crippen molar-refractivity contribution in [2.24, 2.45) is 0 Å². The first-order valence-corrected chi connectivity index (χ1v) is 10.3. The van der Waals surface area contributed by atoms with E-state index >= 15 is 0 Å². The number of aliphatic hydroxyl groups excluding tert-OH is 1. The highest BCUT2D eigenvalue weighted by molar-refractivity contribution is 7.46. The molecule has 0 saturated carbocycles. The van der Waals surface area contributed by atoms with Crippen LogP contribution in [-0.4, -0.2) is 30.2 Å². The molecule has 27 heavy (non-hydrogen) atoms. The van der Waals surface area contributed by atoms with E-state index in [1.807, 2.05) is 0 Å². The lowest BCUT2D eigenvalue weighted by atomic mass is 10.1. The molecule has 3 N–H and O–H groups in total. The van der Waals surface area contributed by atoms with Gasteiger partial charge < -0.3 is 19.5 Å². The molecule has 0 aliphatic heterocycles. The first-order valence-electron chi connectivity index (χ1n) is 7.86. The molecule has 2 aromatic heterocycles. The Morgan fingerprint density at radius 2 is 2.19 bits per heavy atom. The largest absolute Gasteiger partial charge is 0.471 e. The number of halogens is 1. The van der Waals surface area contributed by atoms with Crippen molar-refractivity contribution in [3.63, 3.8) is 0 Å². The van der Waals surface area contributed by atoms with Gasteiger partial charge in [0, 0.05) is 17.0 Å². The number of nitrogens with zero attached hydrogens (tertiary/aromatic N) is 2. The van der Waals surface area contributed by atoms with Gasteiger partial charge in [-0.25, -0.2) is 13.9 Å². The maximum absolute atomic E-state index is 13.6. The minimum absolute atomic E-state index is 0.150. The number of thiazole rings is 1. The number of aromatic nitrogens is 2. The number of benzene rings is 1. The summed E-state index contributed by atoms with van der Waals surface area (Å²) in [5.74, 6) is -1.01. The minimum atomic E-state index is -4.74. The second-order valence-corrected chi connectivity index (χ2v) is 7.85. The summed E-state index contributed by atoms with van der Waals surface area (Å²) in [7, 11) is -4.74. The van der Waals surface area contributed by atoms with Gasteiger partial charge in [0.15, 0.2) is 5.01 Å². The Morgan fingerprint density at radius 1 is 1.44 bits per heavy atom. The lowest BCUT2D eigenvalue weighted by Gasteiger charge is -2.07. The molecule has 0 spiro atoms. The van der Waals surface area contributed by atoms with Crippen molar-refractivity contribution in [2.45, 2.75) is 26.2 Å². The van der Waals surface area contributed by atoms with Crippen molar-refractivity contribution in [1.82, 2.24) is 9.55 Å². The first-order chi connectivity index (χ1) is 12.7. The predicted octanol–water partition coefficient (Wildman–Crippen LogP) is 2.98. The second-order valence-electron chi connectivity index (χ2n) is 5.75. The van der Waals surface area contributed by atoms with Crippen LogP contribution in [0.25, 0.3) is 10.9 Å². The Balaban J connectivity index is 2.02. The van der Waals surface area contributed by atoms with Gasteiger partial charge in [-0.05, 0) is 24.6 Å². The van der Waals surface area contributed by atoms with Crippen LogP contribution in [0.2, 0.25) is 0 Å². The van der Waals surface area contributed by atoms with Crippen molar-refractivity contribution < 1.29 is 33.2 Å². The number of ketones is 1. The van der Waals surface area contributed by atoms with E-state index < -0.39 is 32.3 Å². The van der Waals surface area contributed by atoms with Crippen LogP contribution >= 0.6 is 19.2 Å². The van der Waals surface area contributed by atoms with Gasteiger partial charge in [0.05, 0.1) is 22.9 Å². The third kappa shape index (κ3) is 4.32. The number of hydrogen-bond donors (Lipinski definition) is 3. The van der Waals surface area contributed by atoms with Gasteiger partial charge in [-0.3, -0.25) is 9.32 Å². The van der Waals surface area contributed by atoms with Crippen molar-refractivity contribution in [3.8, 4) is 0 Å². The van der Waals surface area contributed by atoms with E-state index in [4.69, 9.17) is 9.79 Å². The van der Waals surface area contributed by atoms with Gasteiger partial charge in [0.2, 0.25) is 5.78 Å². The lowest BCUT2D eigenvalue weighted by molar-refractivity contribution is 0.103. The molecule has 0 aliphatic rings. The number of fused-ring (bicyclic) bond motifs is 1. The molecule has 0 aliphatic carbocycles. The summed E-state index contributed by atoms with van der Waals surface area (Å²) in [6.45, 7) is 1.23. The molecule has 2 heterocycles. The fraction of sp³-hybridized carbons (Fsp3) is 0.250. The fourth-order valence-electron chi connectivity index (χ4n) is 2.56. The maximum atomic E-state index is 13.6. The predicted molar refractivity (Wildman–Crippen MR) is 95.8 cm³/mol. The molecule has 0 bridgehead atoms. The normalized spacial score (nSPS) is 13.2. The van der Waals surface area contributed by atoms with Gasteiger partial charge in [-0.15, -0.1) is 11.3 Å². The summed E-state index contributed by atoms with van der Waals surface area (Å²) < 4.78 is 30.3. The highest BCUT2D eigenvalue weighted by Gasteiger charge is 2.22. The standard InChI is InChI=1S/C16H16FN2O6PS/c1-2-14(20)12-7-27-16(18-12)15(21)11-6-19(8-25-26(22,23)24)13-5-9(17)3-4-10(11)13/h3-7,14,20H,2,8H2,1H3,(H2,22,23,24)/t14-/m0/s1. The van der Waals surface area contributed by atoms with E-state index in [9.17, 15) is 18.9 Å². The molecule has 0 unspecified atom stereocenters. The molecule has 3 aromatic rings. The highest BCUT2D eigenvalue weighted by atomic mass is 32.1. The topological polar surface area (TPSA) is 122 Å². The van der Waals surface area contributed by atoms with E-state index in [0.717, 1.165) is 17.4 Å². The Hall–Kier alpha value is -1.94. The minimum Gasteiger partial charge on any atom is -0.387 e. The van der Waals surface area contributed by atoms with Crippen LogP contribution < -0.4 is 0 Å². The van der Waals surface area contributed by atoms with Crippen LogP contribution in [0, 0.1) is 5.82 Å². The zero-order valence-corrected chi connectivity index (χ0v) is 15.8. The summed E-state index contributed by atoms with van der Waals surface area (Å²) in [5, 5.41) is 12.0. The van der Waals surface area contributed by atoms with Crippen molar-refractivity contribution in [3.05, 3.63) is 51.9 Å². The first kappa shape index (κ1) is 19.8. The van der Waals surface area contributed by atoms with Gasteiger partial charge in [0.1, 0.15) is 12.5 Å². The van der Waals surface area contributed by atoms with Crippen molar-refractivity contribution in [2.75, 3.05) is 0 Å². The van der Waals surface area contributed by atoms with E-state index in [-0.39, 0.29) is 16.1 Å². The van der Waals surface area contributed by atoms with E-state index in [0.29, 0.717) is 17.5 Å². The molecule has 0 saturated heterocycles. The molecular formula is C16H16FN2O6PS. The van der Waals surface area contributed by atoms with Gasteiger partial charge >= 0.3 is 7.82 Å². The fourth-order valence-corrected chi connectivity index (χ4v) is 3.65. The van der Waals surface area contributed by atoms with Crippen LogP contribution in [0.3, 0.4) is 0 Å². The van der Waals surface area contributed by atoms with Gasteiger partial charge in [-0.1, -0.05) is 6.92 Å². The molecule has 1 atom stereocenters. The molecule has 144 valence electrons. The van der Waals surface area contributed by atoms with E-state index in [2.05, 4.69) is 9.51 Å². The molecule has 1 aromatic carbocycles. The molecule has 11 heteroatoms. The lowest BCUT2D eigenvalue weighted by Crippen LogP contribution is -2.03. The average molecular weight is 414 g/mol. The van der Waals surface area contributed by atoms with Gasteiger partial charge in [-0.2, -0.15) is 0 Å². The van der Waals surface area contributed by atoms with Crippen LogP contribution in [0.15, 0.2) is 29.8 Å². The highest BCUT2D eigenvalue weighted by Crippen LogP contribution is 2.37. The van der Waals surface area contributed by atoms with Crippen LogP contribution in [0.1, 0.15) is 40.5 Å². The molecule has 0 fully saturated rings. The number of aliphatic hydroxyl groups is 1. The Morgan fingerprint density at radius 3 is 2.85 bits per heavy atom. The van der Waals surface area contributed by atoms with Crippen LogP contribution in [-0.2, 0) is 15.8 Å². The van der Waals surface area contributed by atoms with Crippen LogP contribution in [0.5, 0.6) is 0 Å². The molecular weight excluding hydrogens is 398 g/mol. The summed E-state index contributed by atoms with van der Waals surface area (Å²) in [6, 6.07) is 3.73. The summed E-state index contributed by atoms with van der Waals surface area (Å²) in [4.78, 5) is 34.8. The Bertz CT molecular complexity index is 1040. The molecule has 0 radical (unpaired) electrons. The number of carbonyl (C=O) groups is 1. The maximum Gasteiger partial charge on any atom is 0.471 e. The number of rotatable bonds is 7. The third-order valence-corrected chi connectivity index (χ3v) is 5.21. The third-order valence-electron chi connectivity index (χ3n) is 3.90. The van der Waals surface area contributed by atoms with Crippen molar-refractivity contribution in [1.29, 1.82) is 0 Å². The summed E-state index contributed by atoms with van der Waals surface area (Å²) in [6.07, 6.45) is 1.02. The Kier molecular flexibility index (Phi) is 5.57. The zero-order valence-electron chi connectivity index (χ0n) is 14.1. The molecule has 3 rings (SSSR count). The monoisotopic (exact) mass is 414 g/mol. The average Bonchev–Trinajstić information content (AvgIpc) is 3.23.